The van der Waals surface area contributed by atoms with Crippen molar-refractivity contribution in [1.82, 2.24) is 0 Å². The number of aliphatic hydroxyl groups is 2. The fourth-order valence-electron chi connectivity index (χ4n) is 1.29. The molecule has 0 fully saturated rings. The third kappa shape index (κ3) is 4.63. The lowest BCUT2D eigenvalue weighted by Crippen LogP contribution is -2.28. The Balaban J connectivity index is 2.82. The Kier molecular flexibility index (Phi) is 4.78. The summed E-state index contributed by atoms with van der Waals surface area (Å²) in [7, 11) is 0. The smallest absolute Gasteiger partial charge is 0.161 e. The number of hydrogen-bond donors (Lipinski definition) is 2. The zero-order valence-corrected chi connectivity index (χ0v) is 10.6. The molecule has 0 spiro atoms. The number of hydrogen-bond acceptors (Lipinski definition) is 4. The van der Waals surface area contributed by atoms with Crippen molar-refractivity contribution in [2.45, 2.75) is 33.0 Å². The van der Waals surface area contributed by atoms with Gasteiger partial charge < -0.3 is 19.7 Å². The van der Waals surface area contributed by atoms with Crippen molar-refractivity contribution in [3.8, 4) is 11.5 Å². The second-order valence-corrected chi connectivity index (χ2v) is 4.47. The number of ether oxygens (including phenoxy) is 2. The molecule has 0 heterocycles. The summed E-state index contributed by atoms with van der Waals surface area (Å²) in [5.41, 5.74) is -0.122. The number of aliphatic hydroxyl groups excluding tert-OH is 1. The minimum absolute atomic E-state index is 0.0359. The van der Waals surface area contributed by atoms with Crippen molar-refractivity contribution in [2.75, 3.05) is 13.2 Å². The van der Waals surface area contributed by atoms with Crippen LogP contribution in [-0.2, 0) is 6.61 Å². The Labute approximate surface area is 102 Å². The van der Waals surface area contributed by atoms with Crippen LogP contribution in [-0.4, -0.2) is 29.0 Å². The molecule has 0 aliphatic heterocycles. The average molecular weight is 240 g/mol. The fraction of sp³-hybridized carbons (Fsp3) is 0.538. The van der Waals surface area contributed by atoms with Crippen LogP contribution in [0, 0.1) is 0 Å². The van der Waals surface area contributed by atoms with E-state index in [-0.39, 0.29) is 13.2 Å². The van der Waals surface area contributed by atoms with Gasteiger partial charge in [-0.05, 0) is 38.5 Å². The van der Waals surface area contributed by atoms with Crippen LogP contribution in [0.4, 0.5) is 0 Å². The van der Waals surface area contributed by atoms with Crippen molar-refractivity contribution >= 4 is 0 Å². The summed E-state index contributed by atoms with van der Waals surface area (Å²) in [4.78, 5) is 0. The van der Waals surface area contributed by atoms with Crippen LogP contribution >= 0.6 is 0 Å². The van der Waals surface area contributed by atoms with Gasteiger partial charge in [-0.3, -0.25) is 0 Å². The first kappa shape index (κ1) is 13.8. The molecule has 0 saturated heterocycles. The van der Waals surface area contributed by atoms with Crippen molar-refractivity contribution in [1.29, 1.82) is 0 Å². The van der Waals surface area contributed by atoms with Gasteiger partial charge in [-0.25, -0.2) is 0 Å². The monoisotopic (exact) mass is 240 g/mol. The zero-order valence-electron chi connectivity index (χ0n) is 10.6. The van der Waals surface area contributed by atoms with Crippen LogP contribution in [0.25, 0.3) is 0 Å². The summed E-state index contributed by atoms with van der Waals surface area (Å²) in [6, 6.07) is 5.24. The molecule has 0 aliphatic rings. The average Bonchev–Trinajstić information content (AvgIpc) is 2.26. The van der Waals surface area contributed by atoms with Gasteiger partial charge in [0.05, 0.1) is 18.8 Å². The second kappa shape index (κ2) is 5.89. The summed E-state index contributed by atoms with van der Waals surface area (Å²) in [6.45, 7) is 5.90. The van der Waals surface area contributed by atoms with Gasteiger partial charge in [0.1, 0.15) is 6.61 Å². The van der Waals surface area contributed by atoms with E-state index in [1.54, 1.807) is 32.0 Å². The third-order valence-electron chi connectivity index (χ3n) is 2.07. The molecule has 0 atom stereocenters. The molecule has 2 N–H and O–H groups in total. The highest BCUT2D eigenvalue weighted by Gasteiger charge is 2.15. The Morgan fingerprint density at radius 1 is 1.18 bits per heavy atom. The minimum atomic E-state index is -0.890. The van der Waals surface area contributed by atoms with E-state index in [0.29, 0.717) is 18.1 Å². The first-order valence-electron chi connectivity index (χ1n) is 5.68. The molecule has 0 aliphatic carbocycles. The topological polar surface area (TPSA) is 58.9 Å². The SMILES string of the molecule is CCOc1cc(CO)ccc1OCC(C)(C)O. The largest absolute Gasteiger partial charge is 0.490 e. The van der Waals surface area contributed by atoms with Gasteiger partial charge in [0.2, 0.25) is 0 Å². The lowest BCUT2D eigenvalue weighted by Gasteiger charge is -2.19. The highest BCUT2D eigenvalue weighted by molar-refractivity contribution is 5.42. The van der Waals surface area contributed by atoms with E-state index in [1.807, 2.05) is 6.92 Å². The predicted molar refractivity (Wildman–Crippen MR) is 65.3 cm³/mol. The molecule has 1 aromatic carbocycles. The zero-order chi connectivity index (χ0) is 12.9. The first-order chi connectivity index (χ1) is 7.96. The highest BCUT2D eigenvalue weighted by atomic mass is 16.5. The maximum Gasteiger partial charge on any atom is 0.161 e. The Hall–Kier alpha value is -1.26. The van der Waals surface area contributed by atoms with Crippen molar-refractivity contribution in [3.63, 3.8) is 0 Å². The molecule has 96 valence electrons. The first-order valence-corrected chi connectivity index (χ1v) is 5.68. The summed E-state index contributed by atoms with van der Waals surface area (Å²) < 4.78 is 10.9. The lowest BCUT2D eigenvalue weighted by molar-refractivity contribution is 0.0274. The van der Waals surface area contributed by atoms with Crippen molar-refractivity contribution in [2.24, 2.45) is 0 Å². The molecule has 0 amide bonds. The quantitative estimate of drug-likeness (QED) is 0.795. The van der Waals surface area contributed by atoms with Crippen molar-refractivity contribution in [3.05, 3.63) is 23.8 Å². The molecule has 4 heteroatoms. The molecule has 0 bridgehead atoms. The van der Waals surface area contributed by atoms with E-state index >= 15 is 0 Å². The summed E-state index contributed by atoms with van der Waals surface area (Å²) >= 11 is 0. The van der Waals surface area contributed by atoms with Gasteiger partial charge in [-0.15, -0.1) is 0 Å². The number of rotatable bonds is 6. The molecular formula is C13H20O4. The van der Waals surface area contributed by atoms with Gasteiger partial charge >= 0.3 is 0 Å². The molecule has 0 saturated carbocycles. The van der Waals surface area contributed by atoms with Crippen molar-refractivity contribution < 1.29 is 19.7 Å². The molecule has 0 aromatic heterocycles. The molecule has 0 unspecified atom stereocenters. The minimum Gasteiger partial charge on any atom is -0.490 e. The molecule has 17 heavy (non-hydrogen) atoms. The van der Waals surface area contributed by atoms with E-state index in [0.717, 1.165) is 5.56 Å². The van der Waals surface area contributed by atoms with Gasteiger partial charge in [0.15, 0.2) is 11.5 Å². The summed E-state index contributed by atoms with van der Waals surface area (Å²) in [5, 5.41) is 18.6. The molecular weight excluding hydrogens is 220 g/mol. The van der Waals surface area contributed by atoms with Crippen LogP contribution in [0.3, 0.4) is 0 Å². The molecule has 0 radical (unpaired) electrons. The lowest BCUT2D eigenvalue weighted by atomic mass is 10.1. The van der Waals surface area contributed by atoms with Gasteiger partial charge in [-0.2, -0.15) is 0 Å². The van der Waals surface area contributed by atoms with Gasteiger partial charge in [0.25, 0.3) is 0 Å². The maximum atomic E-state index is 9.59. The summed E-state index contributed by atoms with van der Waals surface area (Å²) in [5.74, 6) is 1.16. The van der Waals surface area contributed by atoms with Crippen LogP contribution in [0.2, 0.25) is 0 Å². The number of benzene rings is 1. The Morgan fingerprint density at radius 2 is 1.88 bits per heavy atom. The van der Waals surface area contributed by atoms with Gasteiger partial charge in [0, 0.05) is 0 Å². The van der Waals surface area contributed by atoms with Crippen LogP contribution in [0.15, 0.2) is 18.2 Å². The van der Waals surface area contributed by atoms with Crippen LogP contribution in [0.1, 0.15) is 26.3 Å². The maximum absolute atomic E-state index is 9.59. The highest BCUT2D eigenvalue weighted by Crippen LogP contribution is 2.29. The van der Waals surface area contributed by atoms with Crippen LogP contribution in [0.5, 0.6) is 11.5 Å². The Morgan fingerprint density at radius 3 is 2.41 bits per heavy atom. The second-order valence-electron chi connectivity index (χ2n) is 4.47. The molecule has 4 nitrogen and oxygen atoms in total. The standard InChI is InChI=1S/C13H20O4/c1-4-16-12-7-10(8-14)5-6-11(12)17-9-13(2,3)15/h5-7,14-15H,4,8-9H2,1-3H3. The van der Waals surface area contributed by atoms with Crippen LogP contribution < -0.4 is 9.47 Å². The van der Waals surface area contributed by atoms with E-state index in [9.17, 15) is 5.11 Å². The molecule has 1 rings (SSSR count). The third-order valence-corrected chi connectivity index (χ3v) is 2.07. The Bertz CT molecular complexity index is 355. The molecule has 1 aromatic rings. The van der Waals surface area contributed by atoms with E-state index in [2.05, 4.69) is 0 Å². The predicted octanol–water partition coefficient (Wildman–Crippen LogP) is 1.73. The fourth-order valence-corrected chi connectivity index (χ4v) is 1.29. The normalized spacial score (nSPS) is 11.4. The summed E-state index contributed by atoms with van der Waals surface area (Å²) in [6.07, 6.45) is 0. The van der Waals surface area contributed by atoms with E-state index < -0.39 is 5.60 Å². The van der Waals surface area contributed by atoms with E-state index in [4.69, 9.17) is 14.6 Å². The van der Waals surface area contributed by atoms with E-state index in [1.165, 1.54) is 0 Å². The van der Waals surface area contributed by atoms with Gasteiger partial charge in [-0.1, -0.05) is 6.07 Å².